The maximum atomic E-state index is 12.3. The molecular weight excluding hydrogens is 346 g/mol. The number of hydrogen-bond donors (Lipinski definition) is 0. The van der Waals surface area contributed by atoms with Gasteiger partial charge in [-0.25, -0.2) is 0 Å². The van der Waals surface area contributed by atoms with Gasteiger partial charge in [0, 0.05) is 22.1 Å². The molecule has 0 atom stereocenters. The van der Waals surface area contributed by atoms with Gasteiger partial charge in [-0.05, 0) is 49.7 Å². The Kier molecular flexibility index (Phi) is 5.48. The van der Waals surface area contributed by atoms with Crippen molar-refractivity contribution in [2.75, 3.05) is 17.7 Å². The number of carbonyl (C=O) groups excluding carboxylic acids is 1. The molecule has 2 rings (SSSR count). The molecule has 0 aromatic heterocycles. The second-order valence-electron chi connectivity index (χ2n) is 4.99. The first kappa shape index (κ1) is 16.1. The lowest BCUT2D eigenvalue weighted by molar-refractivity contribution is -0.115. The van der Waals surface area contributed by atoms with Crippen LogP contribution in [0.3, 0.4) is 0 Å². The molecule has 2 aromatic carbocycles. The van der Waals surface area contributed by atoms with Gasteiger partial charge in [0.05, 0.1) is 5.75 Å². The SMILES string of the molecule is Cc1ccc(SCC(=O)N(C)c2ccc(Br)cc2C)cc1. The lowest BCUT2D eigenvalue weighted by Gasteiger charge is -2.19. The number of amides is 1. The number of benzene rings is 2. The fraction of sp³-hybridized carbons (Fsp3) is 0.235. The van der Waals surface area contributed by atoms with E-state index in [1.807, 2.05) is 32.2 Å². The third kappa shape index (κ3) is 4.35. The predicted octanol–water partition coefficient (Wildman–Crippen LogP) is 4.82. The van der Waals surface area contributed by atoms with Crippen molar-refractivity contribution in [3.05, 3.63) is 58.1 Å². The van der Waals surface area contributed by atoms with Gasteiger partial charge in [-0.15, -0.1) is 11.8 Å². The summed E-state index contributed by atoms with van der Waals surface area (Å²) in [7, 11) is 1.83. The van der Waals surface area contributed by atoms with Crippen LogP contribution < -0.4 is 4.90 Å². The van der Waals surface area contributed by atoms with Crippen LogP contribution in [0.5, 0.6) is 0 Å². The van der Waals surface area contributed by atoms with E-state index >= 15 is 0 Å². The molecule has 0 unspecified atom stereocenters. The smallest absolute Gasteiger partial charge is 0.237 e. The van der Waals surface area contributed by atoms with Gasteiger partial charge < -0.3 is 4.90 Å². The zero-order chi connectivity index (χ0) is 15.4. The first-order valence-electron chi connectivity index (χ1n) is 6.69. The van der Waals surface area contributed by atoms with Crippen LogP contribution in [0.1, 0.15) is 11.1 Å². The highest BCUT2D eigenvalue weighted by molar-refractivity contribution is 9.10. The van der Waals surface area contributed by atoms with Crippen LogP contribution >= 0.6 is 27.7 Å². The topological polar surface area (TPSA) is 20.3 Å². The summed E-state index contributed by atoms with van der Waals surface area (Å²) in [5.41, 5.74) is 3.27. The summed E-state index contributed by atoms with van der Waals surface area (Å²) in [5, 5.41) is 0. The molecule has 0 spiro atoms. The molecule has 21 heavy (non-hydrogen) atoms. The summed E-state index contributed by atoms with van der Waals surface area (Å²) in [6, 6.07) is 14.2. The van der Waals surface area contributed by atoms with E-state index < -0.39 is 0 Å². The Morgan fingerprint density at radius 3 is 2.43 bits per heavy atom. The van der Waals surface area contributed by atoms with Crippen molar-refractivity contribution in [3.63, 3.8) is 0 Å². The van der Waals surface area contributed by atoms with E-state index in [0.717, 1.165) is 20.6 Å². The van der Waals surface area contributed by atoms with Gasteiger partial charge in [0.2, 0.25) is 5.91 Å². The summed E-state index contributed by atoms with van der Waals surface area (Å²) >= 11 is 5.01. The van der Waals surface area contributed by atoms with E-state index in [1.165, 1.54) is 5.56 Å². The Morgan fingerprint density at radius 1 is 1.14 bits per heavy atom. The van der Waals surface area contributed by atoms with Crippen LogP contribution in [-0.4, -0.2) is 18.7 Å². The molecule has 2 aromatic rings. The normalized spacial score (nSPS) is 10.5. The first-order valence-corrected chi connectivity index (χ1v) is 8.47. The van der Waals surface area contributed by atoms with Gasteiger partial charge in [-0.1, -0.05) is 33.6 Å². The van der Waals surface area contributed by atoms with E-state index in [0.29, 0.717) is 5.75 Å². The van der Waals surface area contributed by atoms with Crippen molar-refractivity contribution in [1.29, 1.82) is 0 Å². The van der Waals surface area contributed by atoms with Crippen LogP contribution in [-0.2, 0) is 4.79 Å². The zero-order valence-electron chi connectivity index (χ0n) is 12.4. The third-order valence-electron chi connectivity index (χ3n) is 3.28. The minimum atomic E-state index is 0.103. The first-order chi connectivity index (χ1) is 9.97. The van der Waals surface area contributed by atoms with Crippen molar-refractivity contribution in [2.24, 2.45) is 0 Å². The molecule has 0 aliphatic heterocycles. The zero-order valence-corrected chi connectivity index (χ0v) is 14.8. The van der Waals surface area contributed by atoms with Crippen molar-refractivity contribution in [3.8, 4) is 0 Å². The highest BCUT2D eigenvalue weighted by Crippen LogP contribution is 2.25. The van der Waals surface area contributed by atoms with Crippen LogP contribution in [0.2, 0.25) is 0 Å². The molecule has 2 nitrogen and oxygen atoms in total. The summed E-state index contributed by atoms with van der Waals surface area (Å²) < 4.78 is 1.03. The molecular formula is C17H18BrNOS. The maximum Gasteiger partial charge on any atom is 0.237 e. The molecule has 0 radical (unpaired) electrons. The lowest BCUT2D eigenvalue weighted by Crippen LogP contribution is -2.28. The van der Waals surface area contributed by atoms with Gasteiger partial charge in [0.25, 0.3) is 0 Å². The Balaban J connectivity index is 2.00. The van der Waals surface area contributed by atoms with Gasteiger partial charge in [0.15, 0.2) is 0 Å². The van der Waals surface area contributed by atoms with E-state index in [9.17, 15) is 4.79 Å². The molecule has 0 saturated heterocycles. The molecule has 0 bridgehead atoms. The number of carbonyl (C=O) groups is 1. The molecule has 0 fully saturated rings. The molecule has 0 aliphatic rings. The monoisotopic (exact) mass is 363 g/mol. The molecule has 0 saturated carbocycles. The predicted molar refractivity (Wildman–Crippen MR) is 94.2 cm³/mol. The number of anilines is 1. The van der Waals surface area contributed by atoms with Crippen LogP contribution in [0.25, 0.3) is 0 Å². The number of thioether (sulfide) groups is 1. The van der Waals surface area contributed by atoms with E-state index in [4.69, 9.17) is 0 Å². The average molecular weight is 364 g/mol. The number of hydrogen-bond acceptors (Lipinski definition) is 2. The second kappa shape index (κ2) is 7.14. The van der Waals surface area contributed by atoms with Crippen LogP contribution in [0.15, 0.2) is 51.8 Å². The van der Waals surface area contributed by atoms with E-state index in [-0.39, 0.29) is 5.91 Å². The number of nitrogens with zero attached hydrogens (tertiary/aromatic N) is 1. The highest BCUT2D eigenvalue weighted by atomic mass is 79.9. The Bertz CT molecular complexity index is 640. The molecule has 0 N–H and O–H groups in total. The summed E-state index contributed by atoms with van der Waals surface area (Å²) in [4.78, 5) is 15.2. The van der Waals surface area contributed by atoms with Crippen LogP contribution in [0, 0.1) is 13.8 Å². The maximum absolute atomic E-state index is 12.3. The fourth-order valence-corrected chi connectivity index (χ4v) is 3.29. The summed E-state index contributed by atoms with van der Waals surface area (Å²) in [6.45, 7) is 4.07. The van der Waals surface area contributed by atoms with Gasteiger partial charge in [0.1, 0.15) is 0 Å². The molecule has 0 aliphatic carbocycles. The summed E-state index contributed by atoms with van der Waals surface area (Å²) in [6.07, 6.45) is 0. The van der Waals surface area contributed by atoms with E-state index in [2.05, 4.69) is 47.1 Å². The second-order valence-corrected chi connectivity index (χ2v) is 6.95. The number of aryl methyl sites for hydroxylation is 2. The largest absolute Gasteiger partial charge is 0.315 e. The Morgan fingerprint density at radius 2 is 1.81 bits per heavy atom. The van der Waals surface area contributed by atoms with Crippen LogP contribution in [0.4, 0.5) is 5.69 Å². The molecule has 0 heterocycles. The summed E-state index contributed by atoms with van der Waals surface area (Å²) in [5.74, 6) is 0.542. The third-order valence-corrected chi connectivity index (χ3v) is 4.77. The number of halogens is 1. The van der Waals surface area contributed by atoms with Crippen molar-refractivity contribution < 1.29 is 4.79 Å². The standard InChI is InChI=1S/C17H18BrNOS/c1-12-4-7-15(8-5-12)21-11-17(20)19(3)16-9-6-14(18)10-13(16)2/h4-10H,11H2,1-3H3. The molecule has 110 valence electrons. The lowest BCUT2D eigenvalue weighted by atomic mass is 10.2. The van der Waals surface area contributed by atoms with Crippen molar-refractivity contribution >= 4 is 39.3 Å². The number of rotatable bonds is 4. The molecule has 4 heteroatoms. The highest BCUT2D eigenvalue weighted by Gasteiger charge is 2.13. The van der Waals surface area contributed by atoms with Gasteiger partial charge >= 0.3 is 0 Å². The van der Waals surface area contributed by atoms with E-state index in [1.54, 1.807) is 16.7 Å². The average Bonchev–Trinajstić information content (AvgIpc) is 2.45. The van der Waals surface area contributed by atoms with Gasteiger partial charge in [-0.3, -0.25) is 4.79 Å². The van der Waals surface area contributed by atoms with Crippen molar-refractivity contribution in [1.82, 2.24) is 0 Å². The minimum Gasteiger partial charge on any atom is -0.315 e. The van der Waals surface area contributed by atoms with Gasteiger partial charge in [-0.2, -0.15) is 0 Å². The minimum absolute atomic E-state index is 0.103. The van der Waals surface area contributed by atoms with Crippen molar-refractivity contribution in [2.45, 2.75) is 18.7 Å². The fourth-order valence-electron chi connectivity index (χ4n) is 2.01. The Hall–Kier alpha value is -1.26. The Labute approximate surface area is 138 Å². The molecule has 1 amide bonds. The quantitative estimate of drug-likeness (QED) is 0.725.